The van der Waals surface area contributed by atoms with Crippen LogP contribution < -0.4 is 9.47 Å². The minimum atomic E-state index is -0.0848. The molecule has 3 rings (SSSR count). The zero-order chi connectivity index (χ0) is 20.8. The number of piperazine rings is 1. The molecule has 0 bridgehead atoms. The maximum atomic E-state index is 12.6. The van der Waals surface area contributed by atoms with Gasteiger partial charge in [0.05, 0.1) is 14.2 Å². The van der Waals surface area contributed by atoms with Crippen molar-refractivity contribution >= 4 is 29.5 Å². The molecule has 1 saturated heterocycles. The lowest BCUT2D eigenvalue weighted by atomic mass is 10.1. The van der Waals surface area contributed by atoms with Crippen LogP contribution in [0.2, 0.25) is 5.02 Å². The largest absolute Gasteiger partial charge is 0.493 e. The van der Waals surface area contributed by atoms with Crippen molar-refractivity contribution in [2.24, 2.45) is 0 Å². The Morgan fingerprint density at radius 3 is 2.14 bits per heavy atom. The fraction of sp³-hybridized carbons (Fsp3) is 0.273. The van der Waals surface area contributed by atoms with Gasteiger partial charge in [-0.1, -0.05) is 17.7 Å². The first-order chi connectivity index (χ1) is 14.0. The van der Waals surface area contributed by atoms with Gasteiger partial charge in [0.25, 0.3) is 5.91 Å². The van der Waals surface area contributed by atoms with Gasteiger partial charge in [-0.3, -0.25) is 9.59 Å². The van der Waals surface area contributed by atoms with Gasteiger partial charge >= 0.3 is 0 Å². The summed E-state index contributed by atoms with van der Waals surface area (Å²) in [6.45, 7) is 1.98. The Morgan fingerprint density at radius 2 is 1.52 bits per heavy atom. The van der Waals surface area contributed by atoms with E-state index in [1.165, 1.54) is 6.08 Å². The van der Waals surface area contributed by atoms with Crippen LogP contribution in [0.25, 0.3) is 6.08 Å². The van der Waals surface area contributed by atoms with Gasteiger partial charge in [0, 0.05) is 42.8 Å². The van der Waals surface area contributed by atoms with Gasteiger partial charge in [0.15, 0.2) is 11.5 Å². The lowest BCUT2D eigenvalue weighted by molar-refractivity contribution is -0.127. The summed E-state index contributed by atoms with van der Waals surface area (Å²) >= 11 is 5.87. The third kappa shape index (κ3) is 5.09. The number of benzene rings is 2. The van der Waals surface area contributed by atoms with Crippen molar-refractivity contribution < 1.29 is 19.1 Å². The highest BCUT2D eigenvalue weighted by atomic mass is 35.5. The van der Waals surface area contributed by atoms with Gasteiger partial charge in [0.2, 0.25) is 5.91 Å². The number of ether oxygens (including phenoxy) is 2. The lowest BCUT2D eigenvalue weighted by Crippen LogP contribution is -2.50. The summed E-state index contributed by atoms with van der Waals surface area (Å²) in [6.07, 6.45) is 3.29. The molecule has 2 aromatic rings. The summed E-state index contributed by atoms with van der Waals surface area (Å²) in [7, 11) is 3.15. The molecule has 0 unspecified atom stereocenters. The predicted molar refractivity (Wildman–Crippen MR) is 113 cm³/mol. The van der Waals surface area contributed by atoms with Crippen molar-refractivity contribution in [2.45, 2.75) is 0 Å². The summed E-state index contributed by atoms with van der Waals surface area (Å²) in [4.78, 5) is 28.5. The van der Waals surface area contributed by atoms with Crippen molar-refractivity contribution in [1.82, 2.24) is 9.80 Å². The second-order valence-electron chi connectivity index (χ2n) is 6.57. The van der Waals surface area contributed by atoms with E-state index in [0.717, 1.165) is 5.56 Å². The first-order valence-corrected chi connectivity index (χ1v) is 9.63. The Morgan fingerprint density at radius 1 is 0.897 bits per heavy atom. The number of hydrogen-bond donors (Lipinski definition) is 0. The molecule has 0 saturated carbocycles. The van der Waals surface area contributed by atoms with Crippen molar-refractivity contribution in [2.75, 3.05) is 40.4 Å². The van der Waals surface area contributed by atoms with Gasteiger partial charge in [0.1, 0.15) is 0 Å². The Bertz CT molecular complexity index is 904. The molecule has 0 radical (unpaired) electrons. The molecule has 1 fully saturated rings. The number of carbonyl (C=O) groups is 2. The molecule has 6 nitrogen and oxygen atoms in total. The monoisotopic (exact) mass is 414 g/mol. The number of carbonyl (C=O) groups excluding carboxylic acids is 2. The molecule has 0 aliphatic carbocycles. The van der Waals surface area contributed by atoms with Crippen molar-refractivity contribution in [3.63, 3.8) is 0 Å². The molecule has 2 aromatic carbocycles. The standard InChI is InChI=1S/C22H23ClN2O4/c1-28-19-9-3-16(15-20(19)29-2)4-10-21(26)24-11-13-25(14-12-24)22(27)17-5-7-18(23)8-6-17/h3-10,15H,11-14H2,1-2H3/b10-4+. The third-order valence-electron chi connectivity index (χ3n) is 4.80. The Labute approximate surface area is 175 Å². The number of methoxy groups -OCH3 is 2. The van der Waals surface area contributed by atoms with E-state index in [9.17, 15) is 9.59 Å². The maximum absolute atomic E-state index is 12.6. The average Bonchev–Trinajstić information content (AvgIpc) is 2.77. The van der Waals surface area contributed by atoms with Crippen LogP contribution in [0.3, 0.4) is 0 Å². The summed E-state index contributed by atoms with van der Waals surface area (Å²) in [6, 6.07) is 12.3. The molecule has 0 N–H and O–H groups in total. The fourth-order valence-electron chi connectivity index (χ4n) is 3.13. The molecule has 1 aliphatic heterocycles. The van der Waals surface area contributed by atoms with Crippen molar-refractivity contribution in [3.05, 3.63) is 64.7 Å². The van der Waals surface area contributed by atoms with Gasteiger partial charge in [-0.05, 0) is 48.0 Å². The van der Waals surface area contributed by atoms with Crippen molar-refractivity contribution in [3.8, 4) is 11.5 Å². The number of amides is 2. The summed E-state index contributed by atoms with van der Waals surface area (Å²) in [5.41, 5.74) is 1.44. The van der Waals surface area contributed by atoms with Crippen LogP contribution in [-0.2, 0) is 4.79 Å². The molecule has 152 valence electrons. The Hall–Kier alpha value is -2.99. The smallest absolute Gasteiger partial charge is 0.253 e. The van der Waals surface area contributed by atoms with Gasteiger partial charge in [-0.15, -0.1) is 0 Å². The molecule has 0 spiro atoms. The number of rotatable bonds is 5. The predicted octanol–water partition coefficient (Wildman–Crippen LogP) is 3.36. The van der Waals surface area contributed by atoms with E-state index in [1.54, 1.807) is 60.4 Å². The van der Waals surface area contributed by atoms with E-state index in [0.29, 0.717) is 48.3 Å². The molecular formula is C22H23ClN2O4. The van der Waals surface area contributed by atoms with Crippen LogP contribution in [0.4, 0.5) is 0 Å². The van der Waals surface area contributed by atoms with Gasteiger partial charge in [-0.2, -0.15) is 0 Å². The lowest BCUT2D eigenvalue weighted by Gasteiger charge is -2.34. The number of nitrogens with zero attached hydrogens (tertiary/aromatic N) is 2. The van der Waals surface area contributed by atoms with E-state index in [4.69, 9.17) is 21.1 Å². The third-order valence-corrected chi connectivity index (χ3v) is 5.05. The minimum absolute atomic E-state index is 0.0466. The maximum Gasteiger partial charge on any atom is 0.253 e. The SMILES string of the molecule is COc1ccc(/C=C/C(=O)N2CCN(C(=O)c3ccc(Cl)cc3)CC2)cc1OC. The molecule has 0 atom stereocenters. The summed E-state index contributed by atoms with van der Waals surface area (Å²) in [5, 5.41) is 0.596. The molecule has 7 heteroatoms. The highest BCUT2D eigenvalue weighted by Gasteiger charge is 2.23. The van der Waals surface area contributed by atoms with E-state index in [2.05, 4.69) is 0 Å². The van der Waals surface area contributed by atoms with Crippen molar-refractivity contribution in [1.29, 1.82) is 0 Å². The Balaban J connectivity index is 1.56. The minimum Gasteiger partial charge on any atom is -0.493 e. The topological polar surface area (TPSA) is 59.1 Å². The van der Waals surface area contributed by atoms with Crippen LogP contribution in [0, 0.1) is 0 Å². The molecule has 1 heterocycles. The quantitative estimate of drug-likeness (QED) is 0.704. The zero-order valence-corrected chi connectivity index (χ0v) is 17.2. The van der Waals surface area contributed by atoms with E-state index in [-0.39, 0.29) is 11.8 Å². The van der Waals surface area contributed by atoms with Crippen LogP contribution in [0.5, 0.6) is 11.5 Å². The van der Waals surface area contributed by atoms with Crippen LogP contribution in [0.15, 0.2) is 48.5 Å². The summed E-state index contributed by atoms with van der Waals surface area (Å²) in [5.74, 6) is 1.11. The normalized spacial score (nSPS) is 14.2. The number of halogens is 1. The highest BCUT2D eigenvalue weighted by molar-refractivity contribution is 6.30. The molecule has 1 aliphatic rings. The van der Waals surface area contributed by atoms with E-state index < -0.39 is 0 Å². The highest BCUT2D eigenvalue weighted by Crippen LogP contribution is 2.28. The Kier molecular flexibility index (Phi) is 6.77. The average molecular weight is 415 g/mol. The second-order valence-corrected chi connectivity index (χ2v) is 7.01. The van der Waals surface area contributed by atoms with Crippen LogP contribution in [-0.4, -0.2) is 62.0 Å². The molecule has 29 heavy (non-hydrogen) atoms. The first kappa shape index (κ1) is 20.7. The van der Waals surface area contributed by atoms with Gasteiger partial charge in [-0.25, -0.2) is 0 Å². The van der Waals surface area contributed by atoms with E-state index >= 15 is 0 Å². The molecule has 0 aromatic heterocycles. The fourth-order valence-corrected chi connectivity index (χ4v) is 3.26. The summed E-state index contributed by atoms with van der Waals surface area (Å²) < 4.78 is 10.5. The van der Waals surface area contributed by atoms with Gasteiger partial charge < -0.3 is 19.3 Å². The molecule has 2 amide bonds. The zero-order valence-electron chi connectivity index (χ0n) is 16.4. The van der Waals surface area contributed by atoms with E-state index in [1.807, 2.05) is 12.1 Å². The number of hydrogen-bond acceptors (Lipinski definition) is 4. The van der Waals surface area contributed by atoms with Crippen LogP contribution in [0.1, 0.15) is 15.9 Å². The second kappa shape index (κ2) is 9.47. The van der Waals surface area contributed by atoms with Crippen LogP contribution >= 0.6 is 11.6 Å². The first-order valence-electron chi connectivity index (χ1n) is 9.25. The molecular weight excluding hydrogens is 392 g/mol.